The smallest absolute Gasteiger partial charge is 0.356 e. The summed E-state index contributed by atoms with van der Waals surface area (Å²) < 4.78 is 3.53. The van der Waals surface area contributed by atoms with Gasteiger partial charge in [-0.05, 0) is 13.3 Å². The van der Waals surface area contributed by atoms with E-state index in [1.54, 1.807) is 4.57 Å². The van der Waals surface area contributed by atoms with E-state index in [1.165, 1.54) is 12.5 Å². The normalized spacial score (nSPS) is 10.9. The summed E-state index contributed by atoms with van der Waals surface area (Å²) >= 11 is 6.29. The fraction of sp³-hybridized carbons (Fsp3) is 0.417. The molecule has 7 heteroatoms. The minimum atomic E-state index is -1.04. The number of aryl methyl sites for hydroxylation is 2. The molecule has 0 bridgehead atoms. The van der Waals surface area contributed by atoms with Crippen LogP contribution in [-0.2, 0) is 19.5 Å². The first-order valence-corrected chi connectivity index (χ1v) is 6.43. The number of hydrogen-bond donors (Lipinski definition) is 1. The molecule has 0 spiro atoms. The number of imidazole rings is 1. The number of aromatic nitrogens is 4. The highest BCUT2D eigenvalue weighted by atomic mass is 35.5. The average molecular weight is 283 g/mol. The van der Waals surface area contributed by atoms with Crippen molar-refractivity contribution < 1.29 is 9.90 Å². The number of carboxylic acids is 1. The predicted molar refractivity (Wildman–Crippen MR) is 70.6 cm³/mol. The largest absolute Gasteiger partial charge is 0.476 e. The van der Waals surface area contributed by atoms with E-state index >= 15 is 0 Å². The molecule has 0 saturated carbocycles. The van der Waals surface area contributed by atoms with Crippen molar-refractivity contribution in [3.05, 3.63) is 34.6 Å². The van der Waals surface area contributed by atoms with Gasteiger partial charge in [0.25, 0.3) is 0 Å². The third-order valence-corrected chi connectivity index (χ3v) is 3.32. The number of hydrogen-bond acceptors (Lipinski definition) is 3. The minimum Gasteiger partial charge on any atom is -0.476 e. The number of carboxylic acid groups (broad SMARTS) is 1. The Morgan fingerprint density at radius 1 is 1.47 bits per heavy atom. The summed E-state index contributed by atoms with van der Waals surface area (Å²) in [6.07, 6.45) is 3.73. The number of rotatable bonds is 5. The first-order chi connectivity index (χ1) is 9.06. The van der Waals surface area contributed by atoms with Crippen LogP contribution in [0.25, 0.3) is 0 Å². The van der Waals surface area contributed by atoms with Gasteiger partial charge in [-0.15, -0.1) is 0 Å². The van der Waals surface area contributed by atoms with Crippen LogP contribution in [0.2, 0.25) is 5.02 Å². The third-order valence-electron chi connectivity index (χ3n) is 2.88. The summed E-state index contributed by atoms with van der Waals surface area (Å²) in [7, 11) is 0. The van der Waals surface area contributed by atoms with Crippen LogP contribution in [0.4, 0.5) is 0 Å². The van der Waals surface area contributed by atoms with Crippen LogP contribution in [0.5, 0.6) is 0 Å². The van der Waals surface area contributed by atoms with Crippen LogP contribution in [0, 0.1) is 0 Å². The molecular formula is C12H15ClN4O2. The highest BCUT2D eigenvalue weighted by Crippen LogP contribution is 2.22. The summed E-state index contributed by atoms with van der Waals surface area (Å²) in [5, 5.41) is 13.9. The SMILES string of the molecule is CCc1nn(CC)c(Cn2cnc(C(=O)O)c2)c1Cl. The zero-order valence-corrected chi connectivity index (χ0v) is 11.6. The fourth-order valence-corrected chi connectivity index (χ4v) is 2.23. The molecule has 0 fully saturated rings. The van der Waals surface area contributed by atoms with Gasteiger partial charge >= 0.3 is 5.97 Å². The van der Waals surface area contributed by atoms with E-state index in [1.807, 2.05) is 18.5 Å². The van der Waals surface area contributed by atoms with Crippen LogP contribution >= 0.6 is 11.6 Å². The molecule has 19 heavy (non-hydrogen) atoms. The van der Waals surface area contributed by atoms with E-state index in [0.717, 1.165) is 24.4 Å². The molecule has 2 aromatic heterocycles. The maximum Gasteiger partial charge on any atom is 0.356 e. The fourth-order valence-electron chi connectivity index (χ4n) is 1.90. The summed E-state index contributed by atoms with van der Waals surface area (Å²) in [6.45, 7) is 5.16. The quantitative estimate of drug-likeness (QED) is 0.911. The third kappa shape index (κ3) is 2.63. The van der Waals surface area contributed by atoms with Crippen molar-refractivity contribution in [3.8, 4) is 0 Å². The maximum atomic E-state index is 10.8. The molecule has 0 aliphatic carbocycles. The molecule has 0 aliphatic rings. The standard InChI is InChI=1S/C12H15ClN4O2/c1-3-8-11(13)10(17(4-2)15-8)6-16-5-9(12(18)19)14-7-16/h5,7H,3-4,6H2,1-2H3,(H,18,19). The van der Waals surface area contributed by atoms with Gasteiger partial charge in [-0.3, -0.25) is 4.68 Å². The molecule has 102 valence electrons. The zero-order valence-electron chi connectivity index (χ0n) is 10.8. The van der Waals surface area contributed by atoms with Crippen molar-refractivity contribution in [1.82, 2.24) is 19.3 Å². The highest BCUT2D eigenvalue weighted by Gasteiger charge is 2.15. The van der Waals surface area contributed by atoms with Gasteiger partial charge in [-0.1, -0.05) is 18.5 Å². The van der Waals surface area contributed by atoms with E-state index in [-0.39, 0.29) is 5.69 Å². The zero-order chi connectivity index (χ0) is 14.0. The first kappa shape index (κ1) is 13.6. The molecule has 6 nitrogen and oxygen atoms in total. The van der Waals surface area contributed by atoms with Crippen LogP contribution in [0.1, 0.15) is 35.7 Å². The molecule has 0 atom stereocenters. The van der Waals surface area contributed by atoms with Gasteiger partial charge < -0.3 is 9.67 Å². The Morgan fingerprint density at radius 2 is 2.21 bits per heavy atom. The van der Waals surface area contributed by atoms with Gasteiger partial charge in [0.2, 0.25) is 0 Å². The molecule has 0 unspecified atom stereocenters. The molecule has 0 radical (unpaired) electrons. The summed E-state index contributed by atoms with van der Waals surface area (Å²) in [4.78, 5) is 14.6. The van der Waals surface area contributed by atoms with Crippen molar-refractivity contribution in [3.63, 3.8) is 0 Å². The van der Waals surface area contributed by atoms with Crippen LogP contribution in [0.15, 0.2) is 12.5 Å². The Balaban J connectivity index is 2.31. The number of halogens is 1. The van der Waals surface area contributed by atoms with Gasteiger partial charge in [-0.2, -0.15) is 5.10 Å². The van der Waals surface area contributed by atoms with E-state index in [0.29, 0.717) is 11.6 Å². The highest BCUT2D eigenvalue weighted by molar-refractivity contribution is 6.31. The summed E-state index contributed by atoms with van der Waals surface area (Å²) in [5.41, 5.74) is 1.75. The van der Waals surface area contributed by atoms with Crippen LogP contribution in [-0.4, -0.2) is 30.4 Å². The Kier molecular flexibility index (Phi) is 3.90. The van der Waals surface area contributed by atoms with Crippen molar-refractivity contribution >= 4 is 17.6 Å². The number of aromatic carboxylic acids is 1. The molecule has 0 saturated heterocycles. The molecular weight excluding hydrogens is 268 g/mol. The Morgan fingerprint density at radius 3 is 2.74 bits per heavy atom. The predicted octanol–water partition coefficient (Wildman–Crippen LogP) is 2.06. The number of carbonyl (C=O) groups is 1. The monoisotopic (exact) mass is 282 g/mol. The van der Waals surface area contributed by atoms with Gasteiger partial charge in [0.1, 0.15) is 0 Å². The van der Waals surface area contributed by atoms with E-state index in [9.17, 15) is 4.79 Å². The molecule has 2 heterocycles. The summed E-state index contributed by atoms with van der Waals surface area (Å²) in [5.74, 6) is -1.04. The van der Waals surface area contributed by atoms with Crippen molar-refractivity contribution in [2.45, 2.75) is 33.4 Å². The molecule has 1 N–H and O–H groups in total. The van der Waals surface area contributed by atoms with Crippen molar-refractivity contribution in [2.24, 2.45) is 0 Å². The number of nitrogens with zero attached hydrogens (tertiary/aromatic N) is 4. The molecule has 2 aromatic rings. The molecule has 2 rings (SSSR count). The lowest BCUT2D eigenvalue weighted by molar-refractivity contribution is 0.0691. The van der Waals surface area contributed by atoms with Gasteiger partial charge in [0.15, 0.2) is 5.69 Å². The molecule has 0 amide bonds. The van der Waals surface area contributed by atoms with Crippen LogP contribution < -0.4 is 0 Å². The maximum absolute atomic E-state index is 10.8. The molecule has 0 aliphatic heterocycles. The molecule has 0 aromatic carbocycles. The van der Waals surface area contributed by atoms with Gasteiger partial charge in [-0.25, -0.2) is 9.78 Å². The van der Waals surface area contributed by atoms with Crippen molar-refractivity contribution in [2.75, 3.05) is 0 Å². The van der Waals surface area contributed by atoms with Crippen LogP contribution in [0.3, 0.4) is 0 Å². The lowest BCUT2D eigenvalue weighted by Crippen LogP contribution is -2.07. The second-order valence-corrected chi connectivity index (χ2v) is 4.49. The average Bonchev–Trinajstić information content (AvgIpc) is 2.96. The minimum absolute atomic E-state index is 0.0226. The summed E-state index contributed by atoms with van der Waals surface area (Å²) in [6, 6.07) is 0. The van der Waals surface area contributed by atoms with Gasteiger partial charge in [0, 0.05) is 12.7 Å². The second-order valence-electron chi connectivity index (χ2n) is 4.11. The topological polar surface area (TPSA) is 72.9 Å². The second kappa shape index (κ2) is 5.44. The lowest BCUT2D eigenvalue weighted by Gasteiger charge is -2.05. The van der Waals surface area contributed by atoms with E-state index in [2.05, 4.69) is 10.1 Å². The Bertz CT molecular complexity index is 603. The van der Waals surface area contributed by atoms with Crippen molar-refractivity contribution in [1.29, 1.82) is 0 Å². The van der Waals surface area contributed by atoms with E-state index < -0.39 is 5.97 Å². The first-order valence-electron chi connectivity index (χ1n) is 6.05. The Labute approximate surface area is 115 Å². The van der Waals surface area contributed by atoms with E-state index in [4.69, 9.17) is 16.7 Å². The lowest BCUT2D eigenvalue weighted by atomic mass is 10.3. The Hall–Kier alpha value is -1.82. The van der Waals surface area contributed by atoms with Gasteiger partial charge in [0.05, 0.1) is 29.3 Å².